The Kier molecular flexibility index (Phi) is 7.57. The third-order valence-electron chi connectivity index (χ3n) is 2.86. The molecule has 23 heavy (non-hydrogen) atoms. The van der Waals surface area contributed by atoms with E-state index in [4.69, 9.17) is 26.8 Å². The van der Waals surface area contributed by atoms with Crippen LogP contribution < -0.4 is 20.5 Å². The van der Waals surface area contributed by atoms with Gasteiger partial charge in [-0.1, -0.05) is 11.6 Å². The van der Waals surface area contributed by atoms with Crippen LogP contribution in [0.25, 0.3) is 0 Å². The summed E-state index contributed by atoms with van der Waals surface area (Å²) >= 11 is 7.44. The van der Waals surface area contributed by atoms with Gasteiger partial charge in [0, 0.05) is 23.9 Å². The molecule has 1 heterocycles. The Morgan fingerprint density at radius 3 is 2.65 bits per heavy atom. The minimum Gasteiger partial charge on any atom is -0.495 e. The summed E-state index contributed by atoms with van der Waals surface area (Å²) < 4.78 is 10.4. The lowest BCUT2D eigenvalue weighted by molar-refractivity contribution is 0.102. The van der Waals surface area contributed by atoms with Gasteiger partial charge >= 0.3 is 0 Å². The first-order valence-electron chi connectivity index (χ1n) is 6.46. The summed E-state index contributed by atoms with van der Waals surface area (Å²) in [5.74, 6) is 0.554. The molecule has 0 radical (unpaired) electrons. The van der Waals surface area contributed by atoms with Crippen molar-refractivity contribution in [1.29, 1.82) is 0 Å². The molecule has 6 nitrogen and oxygen atoms in total. The Morgan fingerprint density at radius 2 is 2.04 bits per heavy atom. The number of halogens is 2. The number of nitrogens with zero attached hydrogens (tertiary/aromatic N) is 1. The lowest BCUT2D eigenvalue weighted by atomic mass is 10.2. The van der Waals surface area contributed by atoms with E-state index in [2.05, 4.69) is 10.3 Å². The van der Waals surface area contributed by atoms with Crippen LogP contribution in [-0.2, 0) is 6.42 Å². The summed E-state index contributed by atoms with van der Waals surface area (Å²) in [5, 5.41) is 5.67. The minimum atomic E-state index is -0.331. The molecule has 126 valence electrons. The molecule has 1 aromatic heterocycles. The normalized spacial score (nSPS) is 9.91. The fourth-order valence-electron chi connectivity index (χ4n) is 1.80. The highest BCUT2D eigenvalue weighted by molar-refractivity contribution is 7.09. The summed E-state index contributed by atoms with van der Waals surface area (Å²) in [4.78, 5) is 16.5. The molecule has 0 saturated carbocycles. The standard InChI is InChI=1S/C14H16ClN3O3S.ClH/c1-20-11-6-9(12(21-2)5-8(11)15)18-14(19)10-7-22-13(17-10)3-4-16;/h5-7H,3-4,16H2,1-2H3,(H,18,19);1H. The molecule has 0 saturated heterocycles. The number of carbonyl (C=O) groups excluding carboxylic acids is 1. The second-order valence-corrected chi connectivity index (χ2v) is 5.66. The Balaban J connectivity index is 0.00000264. The van der Waals surface area contributed by atoms with E-state index >= 15 is 0 Å². The molecule has 1 amide bonds. The maximum absolute atomic E-state index is 12.3. The lowest BCUT2D eigenvalue weighted by Crippen LogP contribution is -2.13. The summed E-state index contributed by atoms with van der Waals surface area (Å²) in [6, 6.07) is 3.18. The largest absolute Gasteiger partial charge is 0.495 e. The van der Waals surface area contributed by atoms with E-state index in [1.165, 1.54) is 25.6 Å². The van der Waals surface area contributed by atoms with Gasteiger partial charge in [0.05, 0.1) is 29.9 Å². The van der Waals surface area contributed by atoms with Crippen molar-refractivity contribution in [1.82, 2.24) is 4.98 Å². The third-order valence-corrected chi connectivity index (χ3v) is 4.07. The first kappa shape index (κ1) is 19.5. The number of ether oxygens (including phenoxy) is 2. The van der Waals surface area contributed by atoms with Crippen LogP contribution in [0.2, 0.25) is 5.02 Å². The predicted molar refractivity (Wildman–Crippen MR) is 94.6 cm³/mol. The van der Waals surface area contributed by atoms with Crippen molar-refractivity contribution in [3.05, 3.63) is 33.2 Å². The van der Waals surface area contributed by atoms with Crippen molar-refractivity contribution in [2.45, 2.75) is 6.42 Å². The summed E-state index contributed by atoms with van der Waals surface area (Å²) in [6.07, 6.45) is 0.649. The van der Waals surface area contributed by atoms with E-state index in [9.17, 15) is 4.79 Å². The SMILES string of the molecule is COc1cc(NC(=O)c2csc(CCN)n2)c(OC)cc1Cl.Cl. The molecule has 9 heteroatoms. The number of hydrogen-bond acceptors (Lipinski definition) is 6. The maximum Gasteiger partial charge on any atom is 0.275 e. The van der Waals surface area contributed by atoms with Gasteiger partial charge in [-0.2, -0.15) is 0 Å². The molecule has 2 rings (SSSR count). The number of hydrogen-bond donors (Lipinski definition) is 2. The van der Waals surface area contributed by atoms with E-state index in [0.29, 0.717) is 40.9 Å². The molecular weight excluding hydrogens is 361 g/mol. The first-order valence-corrected chi connectivity index (χ1v) is 7.72. The lowest BCUT2D eigenvalue weighted by Gasteiger charge is -2.12. The molecule has 1 aromatic carbocycles. The Hall–Kier alpha value is -1.54. The molecule has 0 atom stereocenters. The first-order chi connectivity index (χ1) is 10.6. The number of thiazole rings is 1. The smallest absolute Gasteiger partial charge is 0.275 e. The van der Waals surface area contributed by atoms with Gasteiger partial charge in [-0.05, 0) is 6.54 Å². The van der Waals surface area contributed by atoms with E-state index in [-0.39, 0.29) is 18.3 Å². The number of rotatable bonds is 6. The maximum atomic E-state index is 12.3. The van der Waals surface area contributed by atoms with Gasteiger partial charge in [-0.15, -0.1) is 23.7 Å². The van der Waals surface area contributed by atoms with Gasteiger partial charge in [0.15, 0.2) is 0 Å². The number of aromatic nitrogens is 1. The van der Waals surface area contributed by atoms with E-state index in [1.807, 2.05) is 0 Å². The number of nitrogens with one attached hydrogen (secondary N) is 1. The number of benzene rings is 1. The van der Waals surface area contributed by atoms with E-state index in [0.717, 1.165) is 5.01 Å². The fourth-order valence-corrected chi connectivity index (χ4v) is 2.82. The molecule has 0 bridgehead atoms. The quantitative estimate of drug-likeness (QED) is 0.807. The van der Waals surface area contributed by atoms with Crippen LogP contribution in [0, 0.1) is 0 Å². The number of anilines is 1. The van der Waals surface area contributed by atoms with Crippen molar-refractivity contribution in [3.63, 3.8) is 0 Å². The summed E-state index contributed by atoms with van der Waals surface area (Å²) in [6.45, 7) is 0.497. The van der Waals surface area contributed by atoms with Crippen LogP contribution in [0.3, 0.4) is 0 Å². The third kappa shape index (κ3) is 4.71. The average Bonchev–Trinajstić information content (AvgIpc) is 2.97. The summed E-state index contributed by atoms with van der Waals surface area (Å²) in [7, 11) is 2.99. The molecule has 0 aliphatic carbocycles. The van der Waals surface area contributed by atoms with Crippen LogP contribution in [-0.4, -0.2) is 31.7 Å². The minimum absolute atomic E-state index is 0. The zero-order valence-electron chi connectivity index (χ0n) is 12.6. The van der Waals surface area contributed by atoms with Crippen molar-refractivity contribution in [3.8, 4) is 11.5 Å². The second-order valence-electron chi connectivity index (χ2n) is 4.31. The highest BCUT2D eigenvalue weighted by Gasteiger charge is 2.15. The van der Waals surface area contributed by atoms with E-state index < -0.39 is 0 Å². The molecular formula is C14H17Cl2N3O3S. The Morgan fingerprint density at radius 1 is 1.35 bits per heavy atom. The molecule has 0 spiro atoms. The highest BCUT2D eigenvalue weighted by atomic mass is 35.5. The van der Waals surface area contributed by atoms with Gasteiger partial charge in [-0.3, -0.25) is 4.79 Å². The highest BCUT2D eigenvalue weighted by Crippen LogP contribution is 2.36. The van der Waals surface area contributed by atoms with Crippen LogP contribution in [0.15, 0.2) is 17.5 Å². The van der Waals surface area contributed by atoms with Gasteiger partial charge in [0.1, 0.15) is 17.2 Å². The molecule has 2 aromatic rings. The molecule has 0 unspecified atom stereocenters. The zero-order valence-corrected chi connectivity index (χ0v) is 15.0. The molecule has 0 fully saturated rings. The van der Waals surface area contributed by atoms with Crippen molar-refractivity contribution in [2.75, 3.05) is 26.1 Å². The van der Waals surface area contributed by atoms with Crippen molar-refractivity contribution in [2.24, 2.45) is 5.73 Å². The van der Waals surface area contributed by atoms with Gasteiger partial charge in [0.2, 0.25) is 0 Å². The predicted octanol–water partition coefficient (Wildman–Crippen LogP) is 2.99. The van der Waals surface area contributed by atoms with Crippen LogP contribution in [0.4, 0.5) is 5.69 Å². The zero-order chi connectivity index (χ0) is 16.1. The molecule has 0 aliphatic rings. The Labute approximate surface area is 149 Å². The van der Waals surface area contributed by atoms with Gasteiger partial charge in [0.25, 0.3) is 5.91 Å². The second kappa shape index (κ2) is 8.93. The van der Waals surface area contributed by atoms with Crippen LogP contribution >= 0.6 is 35.3 Å². The van der Waals surface area contributed by atoms with E-state index in [1.54, 1.807) is 17.5 Å². The van der Waals surface area contributed by atoms with Gasteiger partial charge in [-0.25, -0.2) is 4.98 Å². The topological polar surface area (TPSA) is 86.5 Å². The van der Waals surface area contributed by atoms with Crippen molar-refractivity contribution >= 4 is 46.9 Å². The van der Waals surface area contributed by atoms with Crippen LogP contribution in [0.5, 0.6) is 11.5 Å². The molecule has 3 N–H and O–H groups in total. The van der Waals surface area contributed by atoms with Gasteiger partial charge < -0.3 is 20.5 Å². The van der Waals surface area contributed by atoms with Crippen molar-refractivity contribution < 1.29 is 14.3 Å². The number of methoxy groups -OCH3 is 2. The monoisotopic (exact) mass is 377 g/mol. The molecule has 0 aliphatic heterocycles. The van der Waals surface area contributed by atoms with Crippen LogP contribution in [0.1, 0.15) is 15.5 Å². The Bertz CT molecular complexity index is 679. The number of nitrogens with two attached hydrogens (primary N) is 1. The summed E-state index contributed by atoms with van der Waals surface area (Å²) in [5.41, 5.74) is 6.27. The fraction of sp³-hybridized carbons (Fsp3) is 0.286. The number of carbonyl (C=O) groups is 1. The average molecular weight is 378 g/mol. The number of amides is 1.